The van der Waals surface area contributed by atoms with Crippen molar-refractivity contribution in [1.82, 2.24) is 5.32 Å². The number of aliphatic hydroxyl groups excluding tert-OH is 1. The van der Waals surface area contributed by atoms with Gasteiger partial charge in [-0.15, -0.1) is 12.4 Å². The van der Waals surface area contributed by atoms with Crippen molar-refractivity contribution in [3.05, 3.63) is 23.8 Å². The molecular weight excluding hydrogens is 332 g/mol. The molecule has 1 saturated carbocycles. The fraction of sp³-hybridized carbons (Fsp3) is 0.588. The molecule has 0 bridgehead atoms. The quantitative estimate of drug-likeness (QED) is 0.691. The average molecular weight is 359 g/mol. The van der Waals surface area contributed by atoms with Crippen LogP contribution in [0.15, 0.2) is 18.2 Å². The summed E-state index contributed by atoms with van der Waals surface area (Å²) in [5, 5.41) is 13.0. The minimum absolute atomic E-state index is 0. The van der Waals surface area contributed by atoms with Gasteiger partial charge < -0.3 is 25.6 Å². The van der Waals surface area contributed by atoms with E-state index in [0.717, 1.165) is 19.3 Å². The van der Waals surface area contributed by atoms with Crippen LogP contribution in [0.5, 0.6) is 11.5 Å². The lowest BCUT2D eigenvalue weighted by atomic mass is 10.00. The van der Waals surface area contributed by atoms with Crippen LogP contribution < -0.4 is 20.5 Å². The predicted octanol–water partition coefficient (Wildman–Crippen LogP) is 1.79. The van der Waals surface area contributed by atoms with Crippen LogP contribution in [-0.4, -0.2) is 37.8 Å². The number of nitrogens with two attached hydrogens (primary N) is 1. The highest BCUT2D eigenvalue weighted by Crippen LogP contribution is 2.27. The SMILES string of the molecule is COc1cc(OC)cc(C(O)CNC(=O)C[C@@H]2CCC[C@H]2N)c1.Cl. The summed E-state index contributed by atoms with van der Waals surface area (Å²) in [6.45, 7) is 0.150. The highest BCUT2D eigenvalue weighted by Gasteiger charge is 2.26. The van der Waals surface area contributed by atoms with Crippen molar-refractivity contribution >= 4 is 18.3 Å². The molecule has 0 aromatic heterocycles. The Labute approximate surface area is 149 Å². The van der Waals surface area contributed by atoms with E-state index in [1.807, 2.05) is 0 Å². The van der Waals surface area contributed by atoms with Gasteiger partial charge in [-0.3, -0.25) is 4.79 Å². The maximum absolute atomic E-state index is 12.0. The lowest BCUT2D eigenvalue weighted by Crippen LogP contribution is -2.33. The molecule has 1 aromatic carbocycles. The van der Waals surface area contributed by atoms with Crippen LogP contribution in [0.2, 0.25) is 0 Å². The summed E-state index contributed by atoms with van der Waals surface area (Å²) in [5.41, 5.74) is 6.62. The number of nitrogens with one attached hydrogen (secondary N) is 1. The van der Waals surface area contributed by atoms with E-state index < -0.39 is 6.10 Å². The summed E-state index contributed by atoms with van der Waals surface area (Å²) < 4.78 is 10.4. The topological polar surface area (TPSA) is 93.8 Å². The number of carbonyl (C=O) groups excluding carboxylic acids is 1. The first kappa shape index (κ1) is 20.5. The third-order valence-electron chi connectivity index (χ3n) is 4.42. The van der Waals surface area contributed by atoms with Crippen molar-refractivity contribution < 1.29 is 19.4 Å². The van der Waals surface area contributed by atoms with Gasteiger partial charge in [-0.1, -0.05) is 6.42 Å². The maximum Gasteiger partial charge on any atom is 0.220 e. The second-order valence-electron chi connectivity index (χ2n) is 6.02. The van der Waals surface area contributed by atoms with Gasteiger partial charge in [-0.2, -0.15) is 0 Å². The number of hydrogen-bond acceptors (Lipinski definition) is 5. The Morgan fingerprint density at radius 2 is 1.92 bits per heavy atom. The summed E-state index contributed by atoms with van der Waals surface area (Å²) in [6, 6.07) is 5.31. The zero-order valence-electron chi connectivity index (χ0n) is 14.2. The molecule has 7 heteroatoms. The van der Waals surface area contributed by atoms with E-state index in [9.17, 15) is 9.90 Å². The Kier molecular flexibility index (Phi) is 8.31. The molecule has 0 saturated heterocycles. The van der Waals surface area contributed by atoms with Crippen molar-refractivity contribution in [2.24, 2.45) is 11.7 Å². The summed E-state index contributed by atoms with van der Waals surface area (Å²) in [6.07, 6.45) is 2.69. The van der Waals surface area contributed by atoms with Crippen molar-refractivity contribution in [2.45, 2.75) is 37.8 Å². The Balaban J connectivity index is 0.00000288. The van der Waals surface area contributed by atoms with Crippen LogP contribution in [0.4, 0.5) is 0 Å². The van der Waals surface area contributed by atoms with E-state index in [2.05, 4.69) is 5.32 Å². The molecular formula is C17H27ClN2O4. The summed E-state index contributed by atoms with van der Waals surface area (Å²) in [5.74, 6) is 1.38. The third-order valence-corrected chi connectivity index (χ3v) is 4.42. The Morgan fingerprint density at radius 3 is 2.42 bits per heavy atom. The van der Waals surface area contributed by atoms with Crippen molar-refractivity contribution in [1.29, 1.82) is 0 Å². The molecule has 2 rings (SSSR count). The first-order chi connectivity index (χ1) is 11.0. The zero-order chi connectivity index (χ0) is 16.8. The van der Waals surface area contributed by atoms with Crippen LogP contribution in [0, 0.1) is 5.92 Å². The Bertz CT molecular complexity index is 519. The highest BCUT2D eigenvalue weighted by molar-refractivity contribution is 5.85. The second-order valence-corrected chi connectivity index (χ2v) is 6.02. The molecule has 0 spiro atoms. The number of carbonyl (C=O) groups is 1. The van der Waals surface area contributed by atoms with Crippen LogP contribution in [0.1, 0.15) is 37.4 Å². The number of hydrogen-bond donors (Lipinski definition) is 3. The lowest BCUT2D eigenvalue weighted by molar-refractivity contribution is -0.122. The van der Waals surface area contributed by atoms with E-state index in [0.29, 0.717) is 23.5 Å². The molecule has 136 valence electrons. The number of aliphatic hydroxyl groups is 1. The van der Waals surface area contributed by atoms with Gasteiger partial charge in [0.1, 0.15) is 11.5 Å². The normalized spacial score (nSPS) is 20.8. The molecule has 1 aliphatic rings. The van der Waals surface area contributed by atoms with Crippen molar-refractivity contribution in [3.63, 3.8) is 0 Å². The number of benzene rings is 1. The van der Waals surface area contributed by atoms with Gasteiger partial charge in [-0.05, 0) is 36.5 Å². The van der Waals surface area contributed by atoms with E-state index >= 15 is 0 Å². The van der Waals surface area contributed by atoms with Crippen molar-refractivity contribution in [2.75, 3.05) is 20.8 Å². The standard InChI is InChI=1S/C17H26N2O4.ClH/c1-22-13-6-12(7-14(9-13)23-2)16(20)10-19-17(21)8-11-4-3-5-15(11)18;/h6-7,9,11,15-16,20H,3-5,8,10,18H2,1-2H3,(H,19,21);1H/t11-,15+,16?;/m0./s1. The molecule has 0 aliphatic heterocycles. The number of methoxy groups -OCH3 is 2. The average Bonchev–Trinajstić information content (AvgIpc) is 2.96. The molecule has 1 fully saturated rings. The van der Waals surface area contributed by atoms with Gasteiger partial charge in [0.15, 0.2) is 0 Å². The molecule has 24 heavy (non-hydrogen) atoms. The zero-order valence-corrected chi connectivity index (χ0v) is 15.0. The number of rotatable bonds is 7. The molecule has 1 amide bonds. The summed E-state index contributed by atoms with van der Waals surface area (Å²) >= 11 is 0. The van der Waals surface area contributed by atoms with Crippen LogP contribution in [0.3, 0.4) is 0 Å². The van der Waals surface area contributed by atoms with Crippen LogP contribution in [-0.2, 0) is 4.79 Å². The number of halogens is 1. The van der Waals surface area contributed by atoms with Crippen LogP contribution >= 0.6 is 12.4 Å². The second kappa shape index (κ2) is 9.71. The van der Waals surface area contributed by atoms with Gasteiger partial charge in [0.25, 0.3) is 0 Å². The summed E-state index contributed by atoms with van der Waals surface area (Å²) in [7, 11) is 3.11. The summed E-state index contributed by atoms with van der Waals surface area (Å²) in [4.78, 5) is 12.0. The largest absolute Gasteiger partial charge is 0.497 e. The fourth-order valence-corrected chi connectivity index (χ4v) is 2.98. The van der Waals surface area contributed by atoms with E-state index in [4.69, 9.17) is 15.2 Å². The fourth-order valence-electron chi connectivity index (χ4n) is 2.98. The Morgan fingerprint density at radius 1 is 1.29 bits per heavy atom. The Hall–Kier alpha value is -1.50. The highest BCUT2D eigenvalue weighted by atomic mass is 35.5. The molecule has 6 nitrogen and oxygen atoms in total. The number of ether oxygens (including phenoxy) is 2. The smallest absolute Gasteiger partial charge is 0.220 e. The minimum Gasteiger partial charge on any atom is -0.497 e. The molecule has 3 atom stereocenters. The monoisotopic (exact) mass is 358 g/mol. The molecule has 4 N–H and O–H groups in total. The first-order valence-corrected chi connectivity index (χ1v) is 7.96. The minimum atomic E-state index is -0.819. The maximum atomic E-state index is 12.0. The first-order valence-electron chi connectivity index (χ1n) is 7.96. The van der Waals surface area contributed by atoms with Gasteiger partial charge in [0, 0.05) is 25.1 Å². The van der Waals surface area contributed by atoms with E-state index in [-0.39, 0.29) is 36.8 Å². The molecule has 1 aliphatic carbocycles. The van der Waals surface area contributed by atoms with Crippen molar-refractivity contribution in [3.8, 4) is 11.5 Å². The molecule has 0 radical (unpaired) electrons. The molecule has 1 aromatic rings. The number of amides is 1. The van der Waals surface area contributed by atoms with Crippen LogP contribution in [0.25, 0.3) is 0 Å². The van der Waals surface area contributed by atoms with Gasteiger partial charge in [0.05, 0.1) is 20.3 Å². The molecule has 0 heterocycles. The van der Waals surface area contributed by atoms with Gasteiger partial charge in [-0.25, -0.2) is 0 Å². The lowest BCUT2D eigenvalue weighted by Gasteiger charge is -2.17. The van der Waals surface area contributed by atoms with Gasteiger partial charge in [0.2, 0.25) is 5.91 Å². The van der Waals surface area contributed by atoms with E-state index in [1.165, 1.54) is 0 Å². The predicted molar refractivity (Wildman–Crippen MR) is 94.7 cm³/mol. The van der Waals surface area contributed by atoms with Gasteiger partial charge >= 0.3 is 0 Å². The third kappa shape index (κ3) is 5.54. The molecule has 1 unspecified atom stereocenters. The van der Waals surface area contributed by atoms with E-state index in [1.54, 1.807) is 32.4 Å².